The molecule has 0 spiro atoms. The Bertz CT molecular complexity index is 648. The third-order valence-corrected chi connectivity index (χ3v) is 4.07. The standard InChI is InChI=1S/C15H21N5O2/c1-3-13-16-4-5-19(13)9-14(21)20-6-7-22-10-12(20)15-11(2)8-17-18-15/h4-5,8,12H,3,6-7,9-10H2,1-2H3,(H,17,18)/t12-/m1/s1. The van der Waals surface area contributed by atoms with Crippen LogP contribution in [0.15, 0.2) is 18.6 Å². The summed E-state index contributed by atoms with van der Waals surface area (Å²) in [6, 6.07) is -0.0997. The maximum Gasteiger partial charge on any atom is 0.243 e. The maximum atomic E-state index is 12.7. The van der Waals surface area contributed by atoms with Gasteiger partial charge in [0.1, 0.15) is 12.4 Å². The highest BCUT2D eigenvalue weighted by Gasteiger charge is 2.30. The summed E-state index contributed by atoms with van der Waals surface area (Å²) in [6.07, 6.45) is 6.18. The second-order valence-corrected chi connectivity index (χ2v) is 5.47. The normalized spacial score (nSPS) is 18.6. The van der Waals surface area contributed by atoms with E-state index >= 15 is 0 Å². The van der Waals surface area contributed by atoms with E-state index in [1.54, 1.807) is 12.4 Å². The van der Waals surface area contributed by atoms with E-state index < -0.39 is 0 Å². The first kappa shape index (κ1) is 14.8. The number of nitrogens with one attached hydrogen (secondary N) is 1. The number of ether oxygens (including phenoxy) is 1. The van der Waals surface area contributed by atoms with Gasteiger partial charge in [-0.05, 0) is 12.5 Å². The number of aromatic amines is 1. The first-order chi connectivity index (χ1) is 10.7. The van der Waals surface area contributed by atoms with Crippen LogP contribution in [0.3, 0.4) is 0 Å². The Hall–Kier alpha value is -2.15. The van der Waals surface area contributed by atoms with E-state index in [0.29, 0.717) is 26.3 Å². The molecule has 2 aromatic rings. The molecule has 0 saturated carbocycles. The molecule has 0 bridgehead atoms. The van der Waals surface area contributed by atoms with Gasteiger partial charge in [-0.1, -0.05) is 6.92 Å². The first-order valence-corrected chi connectivity index (χ1v) is 7.57. The molecule has 1 amide bonds. The Morgan fingerprint density at radius 1 is 1.55 bits per heavy atom. The minimum Gasteiger partial charge on any atom is -0.377 e. The van der Waals surface area contributed by atoms with Gasteiger partial charge in [-0.3, -0.25) is 9.89 Å². The van der Waals surface area contributed by atoms with Crippen LogP contribution in [0.5, 0.6) is 0 Å². The number of aromatic nitrogens is 4. The summed E-state index contributed by atoms with van der Waals surface area (Å²) in [5, 5.41) is 7.06. The zero-order chi connectivity index (χ0) is 15.5. The highest BCUT2D eigenvalue weighted by molar-refractivity contribution is 5.76. The van der Waals surface area contributed by atoms with Crippen molar-refractivity contribution in [2.75, 3.05) is 19.8 Å². The Morgan fingerprint density at radius 2 is 2.41 bits per heavy atom. The Balaban J connectivity index is 1.79. The van der Waals surface area contributed by atoms with E-state index in [4.69, 9.17) is 4.74 Å². The topological polar surface area (TPSA) is 76.0 Å². The number of morpholine rings is 1. The summed E-state index contributed by atoms with van der Waals surface area (Å²) < 4.78 is 7.47. The van der Waals surface area contributed by atoms with Crippen molar-refractivity contribution in [2.45, 2.75) is 32.9 Å². The van der Waals surface area contributed by atoms with Crippen LogP contribution in [0.1, 0.15) is 30.0 Å². The number of carbonyl (C=O) groups is 1. The van der Waals surface area contributed by atoms with Gasteiger partial charge in [0.25, 0.3) is 0 Å². The average molecular weight is 303 g/mol. The molecule has 0 aliphatic carbocycles. The number of nitrogens with zero attached hydrogens (tertiary/aromatic N) is 4. The fourth-order valence-corrected chi connectivity index (χ4v) is 2.87. The monoisotopic (exact) mass is 303 g/mol. The van der Waals surface area contributed by atoms with Crippen LogP contribution in [-0.2, 0) is 22.5 Å². The molecule has 3 heterocycles. The van der Waals surface area contributed by atoms with Crippen molar-refractivity contribution in [3.8, 4) is 0 Å². The molecule has 22 heavy (non-hydrogen) atoms. The molecule has 1 fully saturated rings. The number of hydrogen-bond acceptors (Lipinski definition) is 4. The lowest BCUT2D eigenvalue weighted by Crippen LogP contribution is -2.45. The number of carbonyl (C=O) groups excluding carboxylic acids is 1. The molecule has 1 aliphatic rings. The van der Waals surface area contributed by atoms with Crippen molar-refractivity contribution < 1.29 is 9.53 Å². The van der Waals surface area contributed by atoms with Crippen molar-refractivity contribution in [3.63, 3.8) is 0 Å². The molecule has 118 valence electrons. The van der Waals surface area contributed by atoms with Gasteiger partial charge < -0.3 is 14.2 Å². The van der Waals surface area contributed by atoms with Gasteiger partial charge in [0.05, 0.1) is 31.1 Å². The summed E-state index contributed by atoms with van der Waals surface area (Å²) in [4.78, 5) is 18.9. The fraction of sp³-hybridized carbons (Fsp3) is 0.533. The molecular weight excluding hydrogens is 282 g/mol. The summed E-state index contributed by atoms with van der Waals surface area (Å²) in [7, 11) is 0. The van der Waals surface area contributed by atoms with Crippen LogP contribution in [0.25, 0.3) is 0 Å². The summed E-state index contributed by atoms with van der Waals surface area (Å²) in [5.41, 5.74) is 2.00. The van der Waals surface area contributed by atoms with E-state index in [-0.39, 0.29) is 11.9 Å². The van der Waals surface area contributed by atoms with Crippen molar-refractivity contribution >= 4 is 5.91 Å². The molecule has 7 nitrogen and oxygen atoms in total. The largest absolute Gasteiger partial charge is 0.377 e. The number of aryl methyl sites for hydroxylation is 2. The lowest BCUT2D eigenvalue weighted by Gasteiger charge is -2.35. The average Bonchev–Trinajstić information content (AvgIpc) is 3.15. The minimum absolute atomic E-state index is 0.0787. The molecule has 3 rings (SSSR count). The zero-order valence-corrected chi connectivity index (χ0v) is 13.0. The molecule has 1 saturated heterocycles. The van der Waals surface area contributed by atoms with E-state index in [1.807, 2.05) is 29.5 Å². The molecular formula is C15H21N5O2. The second-order valence-electron chi connectivity index (χ2n) is 5.47. The molecule has 2 aromatic heterocycles. The van der Waals surface area contributed by atoms with Crippen molar-refractivity contribution in [1.29, 1.82) is 0 Å². The van der Waals surface area contributed by atoms with Gasteiger partial charge in [0.15, 0.2) is 0 Å². The van der Waals surface area contributed by atoms with Gasteiger partial charge >= 0.3 is 0 Å². The molecule has 1 N–H and O–H groups in total. The first-order valence-electron chi connectivity index (χ1n) is 7.57. The molecule has 7 heteroatoms. The Morgan fingerprint density at radius 3 is 3.14 bits per heavy atom. The molecule has 1 atom stereocenters. The Kier molecular flexibility index (Phi) is 4.24. The van der Waals surface area contributed by atoms with Gasteiger partial charge in [0.2, 0.25) is 5.91 Å². The quantitative estimate of drug-likeness (QED) is 0.917. The van der Waals surface area contributed by atoms with Crippen LogP contribution in [0.2, 0.25) is 0 Å². The fourth-order valence-electron chi connectivity index (χ4n) is 2.87. The predicted molar refractivity (Wildman–Crippen MR) is 80.2 cm³/mol. The van der Waals surface area contributed by atoms with Crippen LogP contribution in [0, 0.1) is 6.92 Å². The van der Waals surface area contributed by atoms with E-state index in [9.17, 15) is 4.79 Å². The van der Waals surface area contributed by atoms with Crippen LogP contribution in [-0.4, -0.2) is 50.3 Å². The number of H-pyrrole nitrogens is 1. The summed E-state index contributed by atoms with van der Waals surface area (Å²) in [6.45, 7) is 6.00. The van der Waals surface area contributed by atoms with Gasteiger partial charge in [0, 0.05) is 25.4 Å². The van der Waals surface area contributed by atoms with E-state index in [1.165, 1.54) is 0 Å². The lowest BCUT2D eigenvalue weighted by atomic mass is 10.1. The zero-order valence-electron chi connectivity index (χ0n) is 13.0. The highest BCUT2D eigenvalue weighted by atomic mass is 16.5. The highest BCUT2D eigenvalue weighted by Crippen LogP contribution is 2.25. The SMILES string of the molecule is CCc1nccn1CC(=O)N1CCOC[C@@H]1c1[nH]ncc1C. The smallest absolute Gasteiger partial charge is 0.243 e. The third kappa shape index (κ3) is 2.76. The predicted octanol–water partition coefficient (Wildman–Crippen LogP) is 1.08. The van der Waals surface area contributed by atoms with Crippen LogP contribution >= 0.6 is 0 Å². The van der Waals surface area contributed by atoms with Crippen LogP contribution < -0.4 is 0 Å². The van der Waals surface area contributed by atoms with Crippen molar-refractivity contribution in [3.05, 3.63) is 35.7 Å². The van der Waals surface area contributed by atoms with Crippen molar-refractivity contribution in [2.24, 2.45) is 0 Å². The lowest BCUT2D eigenvalue weighted by molar-refractivity contribution is -0.141. The van der Waals surface area contributed by atoms with E-state index in [2.05, 4.69) is 15.2 Å². The number of imidazole rings is 1. The number of rotatable bonds is 4. The molecule has 0 unspecified atom stereocenters. The minimum atomic E-state index is -0.0997. The van der Waals surface area contributed by atoms with Gasteiger partial charge in [-0.15, -0.1) is 0 Å². The van der Waals surface area contributed by atoms with Gasteiger partial charge in [-0.2, -0.15) is 5.10 Å². The number of hydrogen-bond donors (Lipinski definition) is 1. The maximum absolute atomic E-state index is 12.7. The number of amides is 1. The molecule has 0 aromatic carbocycles. The van der Waals surface area contributed by atoms with Crippen LogP contribution in [0.4, 0.5) is 0 Å². The van der Waals surface area contributed by atoms with Gasteiger partial charge in [-0.25, -0.2) is 4.98 Å². The summed E-state index contributed by atoms with van der Waals surface area (Å²) in [5.74, 6) is 1.01. The second kappa shape index (κ2) is 6.31. The third-order valence-electron chi connectivity index (χ3n) is 4.07. The Labute approximate surface area is 129 Å². The van der Waals surface area contributed by atoms with Crippen molar-refractivity contribution in [1.82, 2.24) is 24.6 Å². The molecule has 0 radical (unpaired) electrons. The van der Waals surface area contributed by atoms with E-state index in [0.717, 1.165) is 23.5 Å². The summed E-state index contributed by atoms with van der Waals surface area (Å²) >= 11 is 0. The molecule has 1 aliphatic heterocycles.